The van der Waals surface area contributed by atoms with Crippen molar-refractivity contribution in [3.63, 3.8) is 0 Å². The lowest BCUT2D eigenvalue weighted by Gasteiger charge is -2.09. The molecule has 1 amide bonds. The Hall–Kier alpha value is -2.51. The number of carbonyl (C=O) groups excluding carboxylic acids is 1. The van der Waals surface area contributed by atoms with Gasteiger partial charge in [0.2, 0.25) is 5.91 Å². The Morgan fingerprint density at radius 2 is 1.95 bits per heavy atom. The Labute approximate surface area is 128 Å². The van der Waals surface area contributed by atoms with Crippen molar-refractivity contribution < 1.29 is 4.79 Å². The summed E-state index contributed by atoms with van der Waals surface area (Å²) in [5.74, 6) is -0.0887. The van der Waals surface area contributed by atoms with Gasteiger partial charge in [0.1, 0.15) is 6.07 Å². The molecule has 106 valence electrons. The molecule has 0 aliphatic rings. The van der Waals surface area contributed by atoms with Gasteiger partial charge in [0, 0.05) is 23.7 Å². The van der Waals surface area contributed by atoms with E-state index in [9.17, 15) is 4.79 Å². The number of halogens is 1. The third-order valence-electron chi connectivity index (χ3n) is 2.83. The molecule has 0 aliphatic carbocycles. The maximum absolute atomic E-state index is 11.8. The summed E-state index contributed by atoms with van der Waals surface area (Å²) >= 11 is 5.89. The molecule has 4 nitrogen and oxygen atoms in total. The van der Waals surface area contributed by atoms with Gasteiger partial charge in [-0.15, -0.1) is 0 Å². The molecular weight excluding hydrogens is 286 g/mol. The van der Waals surface area contributed by atoms with Crippen LogP contribution in [0.15, 0.2) is 48.5 Å². The molecule has 0 fully saturated rings. The van der Waals surface area contributed by atoms with Crippen LogP contribution in [-0.4, -0.2) is 12.5 Å². The van der Waals surface area contributed by atoms with Gasteiger partial charge in [0.15, 0.2) is 0 Å². The first-order chi connectivity index (χ1) is 10.2. The van der Waals surface area contributed by atoms with Gasteiger partial charge in [0.05, 0.1) is 11.3 Å². The van der Waals surface area contributed by atoms with Crippen LogP contribution in [-0.2, 0) is 4.79 Å². The van der Waals surface area contributed by atoms with Crippen molar-refractivity contribution in [2.24, 2.45) is 0 Å². The summed E-state index contributed by atoms with van der Waals surface area (Å²) in [6.07, 6.45) is 0.298. The van der Waals surface area contributed by atoms with Crippen LogP contribution < -0.4 is 10.6 Å². The van der Waals surface area contributed by atoms with Crippen LogP contribution in [0.4, 0.5) is 11.4 Å². The van der Waals surface area contributed by atoms with Crippen molar-refractivity contribution in [1.29, 1.82) is 5.26 Å². The van der Waals surface area contributed by atoms with Gasteiger partial charge in [-0.3, -0.25) is 4.79 Å². The molecule has 2 N–H and O–H groups in total. The molecule has 0 radical (unpaired) electrons. The molecule has 0 saturated heterocycles. The second-order valence-corrected chi connectivity index (χ2v) is 4.83. The third kappa shape index (κ3) is 4.51. The number of hydrogen-bond donors (Lipinski definition) is 2. The lowest BCUT2D eigenvalue weighted by Crippen LogP contribution is -2.16. The summed E-state index contributed by atoms with van der Waals surface area (Å²) in [5, 5.41) is 15.4. The molecule has 0 heterocycles. The summed E-state index contributed by atoms with van der Waals surface area (Å²) in [7, 11) is 0. The highest BCUT2D eigenvalue weighted by Gasteiger charge is 2.05. The van der Waals surface area contributed by atoms with Crippen LogP contribution in [0, 0.1) is 11.3 Å². The zero-order valence-corrected chi connectivity index (χ0v) is 12.0. The van der Waals surface area contributed by atoms with Crippen molar-refractivity contribution >= 4 is 28.9 Å². The molecule has 0 unspecified atom stereocenters. The number of nitrogens with zero attached hydrogens (tertiary/aromatic N) is 1. The first-order valence-corrected chi connectivity index (χ1v) is 6.85. The third-order valence-corrected chi connectivity index (χ3v) is 3.06. The van der Waals surface area contributed by atoms with E-state index >= 15 is 0 Å². The average Bonchev–Trinajstić information content (AvgIpc) is 2.48. The molecule has 2 aromatic rings. The minimum Gasteiger partial charge on any atom is -0.383 e. The molecule has 0 atom stereocenters. The van der Waals surface area contributed by atoms with E-state index < -0.39 is 0 Å². The van der Waals surface area contributed by atoms with E-state index in [1.54, 1.807) is 18.2 Å². The van der Waals surface area contributed by atoms with E-state index in [1.807, 2.05) is 30.3 Å². The predicted molar refractivity (Wildman–Crippen MR) is 84.3 cm³/mol. The van der Waals surface area contributed by atoms with Gasteiger partial charge in [-0.1, -0.05) is 29.8 Å². The summed E-state index contributed by atoms with van der Waals surface area (Å²) in [6.45, 7) is 0.424. The fraction of sp³-hybridized carbons (Fsp3) is 0.125. The number of nitriles is 1. The smallest absolute Gasteiger partial charge is 0.226 e. The Balaban J connectivity index is 1.86. The fourth-order valence-electron chi connectivity index (χ4n) is 1.82. The SMILES string of the molecule is N#Cc1ccc(Cl)cc1NCCC(=O)Nc1ccccc1. The number of rotatable bonds is 5. The van der Waals surface area contributed by atoms with E-state index in [4.69, 9.17) is 16.9 Å². The molecule has 0 aliphatic heterocycles. The molecule has 2 aromatic carbocycles. The second-order valence-electron chi connectivity index (χ2n) is 4.39. The van der Waals surface area contributed by atoms with Crippen LogP contribution in [0.1, 0.15) is 12.0 Å². The standard InChI is InChI=1S/C16H14ClN3O/c17-13-7-6-12(11-18)15(10-13)19-9-8-16(21)20-14-4-2-1-3-5-14/h1-7,10,19H,8-9H2,(H,20,21). The number of nitrogens with one attached hydrogen (secondary N) is 2. The van der Waals surface area contributed by atoms with Crippen molar-refractivity contribution in [1.82, 2.24) is 0 Å². The Kier molecular flexibility index (Phi) is 5.19. The number of benzene rings is 2. The number of carbonyl (C=O) groups is 1. The van der Waals surface area contributed by atoms with Gasteiger partial charge in [-0.2, -0.15) is 5.26 Å². The predicted octanol–water partition coefficient (Wildman–Crippen LogP) is 3.65. The minimum atomic E-state index is -0.0887. The normalized spacial score (nSPS) is 9.71. The summed E-state index contributed by atoms with van der Waals surface area (Å²) < 4.78 is 0. The van der Waals surface area contributed by atoms with Crippen molar-refractivity contribution in [3.05, 3.63) is 59.1 Å². The van der Waals surface area contributed by atoms with E-state index in [0.717, 1.165) is 5.69 Å². The molecule has 0 bridgehead atoms. The maximum atomic E-state index is 11.8. The molecular formula is C16H14ClN3O. The van der Waals surface area contributed by atoms with Gasteiger partial charge in [-0.05, 0) is 30.3 Å². The number of anilines is 2. The maximum Gasteiger partial charge on any atom is 0.226 e. The van der Waals surface area contributed by atoms with E-state index in [2.05, 4.69) is 16.7 Å². The highest BCUT2D eigenvalue weighted by atomic mass is 35.5. The topological polar surface area (TPSA) is 64.9 Å². The van der Waals surface area contributed by atoms with Gasteiger partial charge < -0.3 is 10.6 Å². The van der Waals surface area contributed by atoms with E-state index in [-0.39, 0.29) is 5.91 Å². The van der Waals surface area contributed by atoms with Crippen molar-refractivity contribution in [3.8, 4) is 6.07 Å². The second kappa shape index (κ2) is 7.32. The summed E-state index contributed by atoms with van der Waals surface area (Å²) in [6, 6.07) is 16.3. The highest BCUT2D eigenvalue weighted by molar-refractivity contribution is 6.30. The first-order valence-electron chi connectivity index (χ1n) is 6.47. The van der Waals surface area contributed by atoms with Crippen molar-refractivity contribution in [2.45, 2.75) is 6.42 Å². The molecule has 5 heteroatoms. The monoisotopic (exact) mass is 299 g/mol. The first kappa shape index (κ1) is 14.9. The van der Waals surface area contributed by atoms with Crippen LogP contribution in [0.2, 0.25) is 5.02 Å². The molecule has 21 heavy (non-hydrogen) atoms. The van der Waals surface area contributed by atoms with Gasteiger partial charge in [-0.25, -0.2) is 0 Å². The largest absolute Gasteiger partial charge is 0.383 e. The fourth-order valence-corrected chi connectivity index (χ4v) is 1.99. The molecule has 2 rings (SSSR count). The van der Waals surface area contributed by atoms with Crippen molar-refractivity contribution in [2.75, 3.05) is 17.2 Å². The summed E-state index contributed by atoms with van der Waals surface area (Å²) in [4.78, 5) is 11.8. The molecule has 0 saturated carbocycles. The Morgan fingerprint density at radius 1 is 1.19 bits per heavy atom. The summed E-state index contributed by atoms with van der Waals surface area (Å²) in [5.41, 5.74) is 1.91. The Morgan fingerprint density at radius 3 is 2.67 bits per heavy atom. The lowest BCUT2D eigenvalue weighted by atomic mass is 10.2. The van der Waals surface area contributed by atoms with Gasteiger partial charge >= 0.3 is 0 Å². The van der Waals surface area contributed by atoms with Crippen LogP contribution in [0.5, 0.6) is 0 Å². The average molecular weight is 300 g/mol. The number of hydrogen-bond acceptors (Lipinski definition) is 3. The quantitative estimate of drug-likeness (QED) is 0.885. The molecule has 0 aromatic heterocycles. The highest BCUT2D eigenvalue weighted by Crippen LogP contribution is 2.20. The lowest BCUT2D eigenvalue weighted by molar-refractivity contribution is -0.115. The number of para-hydroxylation sites is 1. The minimum absolute atomic E-state index is 0.0887. The van der Waals surface area contributed by atoms with E-state index in [1.165, 1.54) is 0 Å². The van der Waals surface area contributed by atoms with Crippen LogP contribution in [0.3, 0.4) is 0 Å². The van der Waals surface area contributed by atoms with Crippen LogP contribution >= 0.6 is 11.6 Å². The van der Waals surface area contributed by atoms with E-state index in [0.29, 0.717) is 29.2 Å². The number of amides is 1. The Bertz CT molecular complexity index is 665. The molecule has 0 spiro atoms. The van der Waals surface area contributed by atoms with Crippen LogP contribution in [0.25, 0.3) is 0 Å². The zero-order valence-electron chi connectivity index (χ0n) is 11.3. The van der Waals surface area contributed by atoms with Gasteiger partial charge in [0.25, 0.3) is 0 Å². The zero-order chi connectivity index (χ0) is 15.1.